The molecule has 1 aliphatic carbocycles. The van der Waals surface area contributed by atoms with Crippen molar-refractivity contribution in [1.29, 1.82) is 0 Å². The summed E-state index contributed by atoms with van der Waals surface area (Å²) in [5.41, 5.74) is 5.95. The van der Waals surface area contributed by atoms with Gasteiger partial charge in [0.1, 0.15) is 6.29 Å². The van der Waals surface area contributed by atoms with Gasteiger partial charge in [-0.2, -0.15) is 0 Å². The highest BCUT2D eigenvalue weighted by molar-refractivity contribution is 5.73. The van der Waals surface area contributed by atoms with Crippen LogP contribution in [0.5, 0.6) is 0 Å². The summed E-state index contributed by atoms with van der Waals surface area (Å²) in [4.78, 5) is 21.6. The Morgan fingerprint density at radius 1 is 1.35 bits per heavy atom. The minimum atomic E-state index is -0.997. The molecular formula is C18H32N2O3. The molecule has 0 saturated heterocycles. The lowest BCUT2D eigenvalue weighted by molar-refractivity contribution is -0.138. The van der Waals surface area contributed by atoms with Gasteiger partial charge in [0.15, 0.2) is 0 Å². The lowest BCUT2D eigenvalue weighted by Gasteiger charge is -2.31. The number of allylic oxidation sites excluding steroid dienone is 1. The minimum Gasteiger partial charge on any atom is -0.481 e. The zero-order chi connectivity index (χ0) is 17.7. The van der Waals surface area contributed by atoms with Crippen molar-refractivity contribution in [2.75, 3.05) is 6.54 Å². The number of aliphatic carboxylic acids is 1. The van der Waals surface area contributed by atoms with E-state index in [-0.39, 0.29) is 6.42 Å². The van der Waals surface area contributed by atoms with Crippen molar-refractivity contribution < 1.29 is 14.7 Å². The lowest BCUT2D eigenvalue weighted by atomic mass is 9.74. The number of nitrogens with two attached hydrogens (primary N) is 1. The van der Waals surface area contributed by atoms with Gasteiger partial charge in [-0.15, -0.1) is 0 Å². The maximum Gasteiger partial charge on any atom is 0.305 e. The largest absolute Gasteiger partial charge is 0.481 e. The SMILES string of the molecule is CC(N)(C=CC1CCCC1C(C)(C)C)CN[C@@H](C=O)CC(=O)O. The number of hydrogen-bond acceptors (Lipinski definition) is 4. The number of rotatable bonds is 8. The fourth-order valence-corrected chi connectivity index (χ4v) is 3.40. The molecule has 4 atom stereocenters. The predicted molar refractivity (Wildman–Crippen MR) is 92.1 cm³/mol. The Morgan fingerprint density at radius 2 is 2.00 bits per heavy atom. The first-order valence-electron chi connectivity index (χ1n) is 8.44. The third-order valence-electron chi connectivity index (χ3n) is 4.71. The summed E-state index contributed by atoms with van der Waals surface area (Å²) in [6, 6.07) is -0.697. The Morgan fingerprint density at radius 3 is 2.52 bits per heavy atom. The molecule has 0 amide bonds. The molecule has 3 unspecified atom stereocenters. The number of carbonyl (C=O) groups is 2. The molecule has 4 N–H and O–H groups in total. The quantitative estimate of drug-likeness (QED) is 0.471. The van der Waals surface area contributed by atoms with E-state index in [4.69, 9.17) is 10.8 Å². The van der Waals surface area contributed by atoms with Gasteiger partial charge in [-0.3, -0.25) is 4.79 Å². The van der Waals surface area contributed by atoms with Crippen LogP contribution < -0.4 is 11.1 Å². The van der Waals surface area contributed by atoms with E-state index in [0.717, 1.165) is 0 Å². The van der Waals surface area contributed by atoms with Crippen LogP contribution in [0.2, 0.25) is 0 Å². The summed E-state index contributed by atoms with van der Waals surface area (Å²) in [6.45, 7) is 9.11. The molecule has 0 aliphatic heterocycles. The number of aldehydes is 1. The van der Waals surface area contributed by atoms with E-state index in [1.54, 1.807) is 0 Å². The highest BCUT2D eigenvalue weighted by atomic mass is 16.4. The van der Waals surface area contributed by atoms with Crippen molar-refractivity contribution >= 4 is 12.3 Å². The average Bonchev–Trinajstić information content (AvgIpc) is 2.89. The van der Waals surface area contributed by atoms with Crippen LogP contribution in [0.4, 0.5) is 0 Å². The van der Waals surface area contributed by atoms with Crippen LogP contribution in [0.15, 0.2) is 12.2 Å². The summed E-state index contributed by atoms with van der Waals surface area (Å²) < 4.78 is 0. The van der Waals surface area contributed by atoms with Gasteiger partial charge < -0.3 is 21.0 Å². The number of hydrogen-bond donors (Lipinski definition) is 3. The molecule has 5 nitrogen and oxygen atoms in total. The van der Waals surface area contributed by atoms with Crippen LogP contribution in [0.25, 0.3) is 0 Å². The van der Waals surface area contributed by atoms with Crippen LogP contribution in [0.3, 0.4) is 0 Å². The van der Waals surface area contributed by atoms with E-state index in [1.165, 1.54) is 19.3 Å². The van der Waals surface area contributed by atoms with E-state index >= 15 is 0 Å². The fourth-order valence-electron chi connectivity index (χ4n) is 3.40. The van der Waals surface area contributed by atoms with E-state index < -0.39 is 17.6 Å². The molecule has 1 rings (SSSR count). The van der Waals surface area contributed by atoms with Crippen molar-refractivity contribution in [1.82, 2.24) is 5.32 Å². The van der Waals surface area contributed by atoms with Gasteiger partial charge in [0.05, 0.1) is 12.5 Å². The first kappa shape index (κ1) is 19.8. The summed E-state index contributed by atoms with van der Waals surface area (Å²) >= 11 is 0. The Labute approximate surface area is 139 Å². The molecule has 0 bridgehead atoms. The van der Waals surface area contributed by atoms with Gasteiger partial charge in [-0.25, -0.2) is 0 Å². The molecule has 1 aliphatic rings. The first-order valence-corrected chi connectivity index (χ1v) is 8.44. The second kappa shape index (κ2) is 8.06. The predicted octanol–water partition coefficient (Wildman–Crippen LogP) is 2.35. The maximum absolute atomic E-state index is 10.9. The molecule has 5 heteroatoms. The van der Waals surface area contributed by atoms with Crippen molar-refractivity contribution in [2.45, 2.75) is 65.0 Å². The van der Waals surface area contributed by atoms with Gasteiger partial charge in [0, 0.05) is 12.1 Å². The van der Waals surface area contributed by atoms with E-state index in [1.807, 2.05) is 13.0 Å². The van der Waals surface area contributed by atoms with Crippen molar-refractivity contribution in [3.05, 3.63) is 12.2 Å². The Kier molecular flexibility index (Phi) is 6.96. The fraction of sp³-hybridized carbons (Fsp3) is 0.778. The smallest absolute Gasteiger partial charge is 0.305 e. The van der Waals surface area contributed by atoms with Crippen LogP contribution in [-0.4, -0.2) is 35.5 Å². The van der Waals surface area contributed by atoms with Gasteiger partial charge in [-0.05, 0) is 37.0 Å². The number of carboxylic acid groups (broad SMARTS) is 1. The summed E-state index contributed by atoms with van der Waals surface area (Å²) in [7, 11) is 0. The second-order valence-electron chi connectivity index (χ2n) is 8.15. The average molecular weight is 324 g/mol. The molecule has 0 aromatic rings. The van der Waals surface area contributed by atoms with Gasteiger partial charge in [0.25, 0.3) is 0 Å². The molecule has 132 valence electrons. The van der Waals surface area contributed by atoms with E-state index in [9.17, 15) is 9.59 Å². The van der Waals surface area contributed by atoms with Crippen LogP contribution >= 0.6 is 0 Å². The number of carbonyl (C=O) groups excluding carboxylic acids is 1. The zero-order valence-corrected chi connectivity index (χ0v) is 14.8. The third-order valence-corrected chi connectivity index (χ3v) is 4.71. The van der Waals surface area contributed by atoms with Gasteiger partial charge >= 0.3 is 5.97 Å². The maximum atomic E-state index is 10.9. The molecule has 23 heavy (non-hydrogen) atoms. The molecule has 0 aromatic carbocycles. The molecule has 1 saturated carbocycles. The Bertz CT molecular complexity index is 438. The molecule has 1 fully saturated rings. The highest BCUT2D eigenvalue weighted by Crippen LogP contribution is 2.44. The summed E-state index contributed by atoms with van der Waals surface area (Å²) in [5.74, 6) is 0.207. The standard InChI is InChI=1S/C18H32N2O3/c1-17(2,3)15-7-5-6-13(15)8-9-18(4,19)12-20-14(11-21)10-16(22)23/h8-9,11,13-15,20H,5-7,10,12,19H2,1-4H3,(H,22,23)/t13?,14-,15?,18?/m1/s1. The Hall–Kier alpha value is -1.20. The minimum absolute atomic E-state index is 0.224. The lowest BCUT2D eigenvalue weighted by Crippen LogP contribution is -2.48. The Balaban J connectivity index is 2.59. The van der Waals surface area contributed by atoms with E-state index in [2.05, 4.69) is 32.2 Å². The summed E-state index contributed by atoms with van der Waals surface area (Å²) in [5, 5.41) is 11.7. The van der Waals surface area contributed by atoms with E-state index in [0.29, 0.717) is 30.1 Å². The highest BCUT2D eigenvalue weighted by Gasteiger charge is 2.34. The molecule has 0 aromatic heterocycles. The number of carboxylic acids is 1. The molecule has 0 radical (unpaired) electrons. The van der Waals surface area contributed by atoms with Crippen molar-refractivity contribution in [3.63, 3.8) is 0 Å². The van der Waals surface area contributed by atoms with Crippen LogP contribution in [-0.2, 0) is 9.59 Å². The summed E-state index contributed by atoms with van der Waals surface area (Å²) in [6.07, 6.45) is 8.33. The van der Waals surface area contributed by atoms with Crippen LogP contribution in [0, 0.1) is 17.3 Å². The second-order valence-corrected chi connectivity index (χ2v) is 8.15. The van der Waals surface area contributed by atoms with Crippen molar-refractivity contribution in [3.8, 4) is 0 Å². The van der Waals surface area contributed by atoms with Gasteiger partial charge in [-0.1, -0.05) is 39.3 Å². The van der Waals surface area contributed by atoms with Crippen molar-refractivity contribution in [2.24, 2.45) is 23.0 Å². The first-order chi connectivity index (χ1) is 10.5. The molecule has 0 heterocycles. The topological polar surface area (TPSA) is 92.4 Å². The monoisotopic (exact) mass is 324 g/mol. The van der Waals surface area contributed by atoms with Crippen LogP contribution in [0.1, 0.15) is 53.4 Å². The number of nitrogens with one attached hydrogen (secondary N) is 1. The third kappa shape index (κ3) is 6.83. The normalized spacial score (nSPS) is 26.1. The zero-order valence-electron chi connectivity index (χ0n) is 14.8. The molecular weight excluding hydrogens is 292 g/mol. The molecule has 0 spiro atoms. The van der Waals surface area contributed by atoms with Gasteiger partial charge in [0.2, 0.25) is 0 Å².